The van der Waals surface area contributed by atoms with Gasteiger partial charge in [0.25, 0.3) is 0 Å². The van der Waals surface area contributed by atoms with Crippen LogP contribution in [0, 0.1) is 0 Å². The molecular weight excluding hydrogens is 499 g/mol. The zero-order valence-electron chi connectivity index (χ0n) is 16.8. The summed E-state index contributed by atoms with van der Waals surface area (Å²) in [5.74, 6) is 0. The lowest BCUT2D eigenvalue weighted by molar-refractivity contribution is -0.0819. The molecule has 4 unspecified atom stereocenters. The molecular formula is C11H21B2N2O14P3. The number of carbonyl (C=O) groups excluding carboxylic acids is 1. The highest BCUT2D eigenvalue weighted by Gasteiger charge is 2.55. The molecule has 1 fully saturated rings. The summed E-state index contributed by atoms with van der Waals surface area (Å²) in [6, 6.07) is -0.747. The Balaban J connectivity index is 2.20. The molecule has 0 aromatic rings. The molecule has 16 nitrogen and oxygen atoms in total. The maximum Gasteiger partial charge on any atom is 0.490 e. The lowest BCUT2D eigenvalue weighted by Crippen LogP contribution is -2.51. The molecule has 6 atom stereocenters. The summed E-state index contributed by atoms with van der Waals surface area (Å²) in [6.07, 6.45) is -5.28. The Kier molecular flexibility index (Phi) is 7.78. The van der Waals surface area contributed by atoms with Gasteiger partial charge in [0, 0.05) is 17.3 Å². The number of aliphatic hydroxyl groups excluding tert-OH is 2. The Morgan fingerprint density at radius 2 is 1.69 bits per heavy atom. The normalized spacial score (nSPS) is 31.0. The van der Waals surface area contributed by atoms with Crippen molar-refractivity contribution in [2.24, 2.45) is 0 Å². The minimum absolute atomic E-state index is 0.295. The largest absolute Gasteiger partial charge is 0.490 e. The van der Waals surface area contributed by atoms with Crippen LogP contribution in [0.3, 0.4) is 0 Å². The number of allylic oxidation sites excluding steroid dienone is 1. The van der Waals surface area contributed by atoms with E-state index >= 15 is 0 Å². The first-order valence-corrected chi connectivity index (χ1v) is 13.1. The van der Waals surface area contributed by atoms with Crippen molar-refractivity contribution < 1.29 is 66.2 Å². The van der Waals surface area contributed by atoms with E-state index in [1.165, 1.54) is 6.20 Å². The van der Waals surface area contributed by atoms with Gasteiger partial charge in [-0.2, -0.15) is 8.62 Å². The summed E-state index contributed by atoms with van der Waals surface area (Å²) < 4.78 is 51.9. The molecule has 21 heteroatoms. The predicted molar refractivity (Wildman–Crippen MR) is 109 cm³/mol. The number of aliphatic hydroxyl groups is 2. The maximum atomic E-state index is 12.2. The number of ether oxygens (including phenoxy) is 1. The summed E-state index contributed by atoms with van der Waals surface area (Å²) in [7, 11) is -14.8. The molecule has 2 rings (SSSR count). The van der Waals surface area contributed by atoms with E-state index in [0.717, 1.165) is 20.6 Å². The van der Waals surface area contributed by atoms with E-state index in [-0.39, 0.29) is 0 Å². The minimum Gasteiger partial charge on any atom is -0.387 e. The molecule has 32 heavy (non-hydrogen) atoms. The van der Waals surface area contributed by atoms with E-state index in [9.17, 15) is 38.5 Å². The van der Waals surface area contributed by atoms with Gasteiger partial charge in [-0.05, 0) is 12.5 Å². The lowest BCUT2D eigenvalue weighted by Gasteiger charge is -2.35. The number of phosphoric acid groups is 3. The minimum atomic E-state index is -5.77. The fourth-order valence-electron chi connectivity index (χ4n) is 2.94. The smallest absolute Gasteiger partial charge is 0.387 e. The molecule has 2 aliphatic heterocycles. The number of amides is 2. The number of nitrogens with zero attached hydrogens (tertiary/aromatic N) is 1. The molecule has 0 bridgehead atoms. The number of nitrogens with one attached hydrogen (secondary N) is 1. The van der Waals surface area contributed by atoms with Crippen LogP contribution in [-0.4, -0.2) is 86.3 Å². The van der Waals surface area contributed by atoms with Gasteiger partial charge in [0.2, 0.25) is 0 Å². The highest BCUT2D eigenvalue weighted by atomic mass is 31.3. The van der Waals surface area contributed by atoms with Crippen LogP contribution in [0.2, 0.25) is 0 Å². The SMILES string of the molecule is BC(B)(OP(=O)(O)OP(=O)(O)OP(=O)(O)O)C1O[C@H](N2C=C(C)C(=C)NC2=O)C(O)[C@@H]1O. The van der Waals surface area contributed by atoms with Gasteiger partial charge >= 0.3 is 29.5 Å². The van der Waals surface area contributed by atoms with Crippen LogP contribution in [0.15, 0.2) is 24.0 Å². The molecule has 0 aliphatic carbocycles. The first-order chi connectivity index (χ1) is 14.2. The quantitative estimate of drug-likeness (QED) is 0.126. The van der Waals surface area contributed by atoms with Crippen molar-refractivity contribution in [3.8, 4) is 0 Å². The van der Waals surface area contributed by atoms with Gasteiger partial charge in [-0.3, -0.25) is 9.42 Å². The summed E-state index contributed by atoms with van der Waals surface area (Å²) in [5.41, 5.74) is 0.801. The number of hydrogen-bond donors (Lipinski definition) is 7. The lowest BCUT2D eigenvalue weighted by atomic mass is 9.61. The zero-order chi connectivity index (χ0) is 24.9. The zero-order valence-corrected chi connectivity index (χ0v) is 19.5. The van der Waals surface area contributed by atoms with Gasteiger partial charge in [0.15, 0.2) is 6.23 Å². The van der Waals surface area contributed by atoms with Crippen molar-refractivity contribution in [1.29, 1.82) is 0 Å². The summed E-state index contributed by atoms with van der Waals surface area (Å²) in [4.78, 5) is 49.3. The Bertz CT molecular complexity index is 968. The molecule has 7 N–H and O–H groups in total. The second-order valence-corrected chi connectivity index (χ2v) is 11.7. The van der Waals surface area contributed by atoms with Crippen molar-refractivity contribution in [3.63, 3.8) is 0 Å². The Morgan fingerprint density at radius 1 is 1.12 bits per heavy atom. The van der Waals surface area contributed by atoms with Crippen molar-refractivity contribution in [2.45, 2.75) is 36.9 Å². The highest BCUT2D eigenvalue weighted by molar-refractivity contribution is 7.66. The van der Waals surface area contributed by atoms with E-state index in [2.05, 4.69) is 20.5 Å². The third kappa shape index (κ3) is 6.61. The van der Waals surface area contributed by atoms with Crippen molar-refractivity contribution in [2.75, 3.05) is 0 Å². The third-order valence-corrected chi connectivity index (χ3v) is 8.29. The van der Waals surface area contributed by atoms with Gasteiger partial charge in [-0.25, -0.2) is 18.5 Å². The van der Waals surface area contributed by atoms with E-state index in [1.807, 2.05) is 0 Å². The number of hydrogen-bond acceptors (Lipinski definition) is 10. The molecule has 180 valence electrons. The molecule has 2 amide bonds. The Labute approximate surface area is 183 Å². The van der Waals surface area contributed by atoms with E-state index < -0.39 is 59.4 Å². The monoisotopic (exact) mass is 520 g/mol. The topological polar surface area (TPSA) is 242 Å². The van der Waals surface area contributed by atoms with E-state index in [1.54, 1.807) is 6.92 Å². The number of phosphoric ester groups is 1. The average Bonchev–Trinajstić information content (AvgIpc) is 2.82. The van der Waals surface area contributed by atoms with Crippen molar-refractivity contribution in [1.82, 2.24) is 10.2 Å². The third-order valence-electron chi connectivity index (χ3n) is 4.27. The standard InChI is InChI=1S/C11H21B2N2O14P3/c1-4-3-15(10(18)14-5(4)2)9-7(17)6(16)8(26-9)11(12,13)27-31(22,23)29-32(24,25)28-30(19,20)21/h3,6-9,16-17H,2,12-13H2,1H3,(H,14,18)(H,22,23)(H,24,25)(H2,19,20,21)/t6-,7?,8?,9-/m0/s1. The van der Waals surface area contributed by atoms with Gasteiger partial charge in [0.1, 0.15) is 34.0 Å². The van der Waals surface area contributed by atoms with Gasteiger partial charge in [-0.15, -0.1) is 0 Å². The molecule has 1 saturated heterocycles. The van der Waals surface area contributed by atoms with Crippen LogP contribution in [0.25, 0.3) is 0 Å². The summed E-state index contributed by atoms with van der Waals surface area (Å²) in [6.45, 7) is 5.21. The van der Waals surface area contributed by atoms with Crippen LogP contribution in [0.5, 0.6) is 0 Å². The van der Waals surface area contributed by atoms with E-state index in [4.69, 9.17) is 19.0 Å². The average molecular weight is 520 g/mol. The first kappa shape index (κ1) is 27.4. The summed E-state index contributed by atoms with van der Waals surface area (Å²) >= 11 is 0. The maximum absolute atomic E-state index is 12.2. The molecule has 2 heterocycles. The number of rotatable bonds is 8. The number of carbonyl (C=O) groups is 1. The second kappa shape index (κ2) is 9.08. The van der Waals surface area contributed by atoms with Crippen LogP contribution in [0.4, 0.5) is 4.79 Å². The molecule has 0 aromatic heterocycles. The molecule has 0 saturated carbocycles. The Morgan fingerprint density at radius 3 is 2.22 bits per heavy atom. The van der Waals surface area contributed by atoms with Crippen LogP contribution >= 0.6 is 23.5 Å². The number of urea groups is 1. The van der Waals surface area contributed by atoms with Gasteiger partial charge in [-0.1, -0.05) is 6.58 Å². The summed E-state index contributed by atoms with van der Waals surface area (Å²) in [5, 5.41) is 21.1. The molecule has 0 aromatic carbocycles. The second-order valence-electron chi connectivity index (χ2n) is 7.34. The fraction of sp³-hybridized carbons (Fsp3) is 0.545. The van der Waals surface area contributed by atoms with Crippen LogP contribution in [-0.2, 0) is 31.6 Å². The molecule has 2 aliphatic rings. The fourth-order valence-corrected chi connectivity index (χ4v) is 6.27. The van der Waals surface area contributed by atoms with Crippen LogP contribution < -0.4 is 5.32 Å². The van der Waals surface area contributed by atoms with Gasteiger partial charge < -0.3 is 39.8 Å². The van der Waals surface area contributed by atoms with Crippen LogP contribution in [0.1, 0.15) is 6.92 Å². The first-order valence-electron chi connectivity index (χ1n) is 8.58. The molecule has 0 spiro atoms. The van der Waals surface area contributed by atoms with E-state index in [0.29, 0.717) is 11.3 Å². The predicted octanol–water partition coefficient (Wildman–Crippen LogP) is -2.86. The highest BCUT2D eigenvalue weighted by Crippen LogP contribution is 2.67. The molecule has 0 radical (unpaired) electrons. The van der Waals surface area contributed by atoms with Crippen molar-refractivity contribution >= 4 is 45.2 Å². The van der Waals surface area contributed by atoms with Crippen molar-refractivity contribution in [3.05, 3.63) is 24.0 Å². The Hall–Kier alpha value is -0.830. The van der Waals surface area contributed by atoms with Gasteiger partial charge in [0.05, 0.1) is 0 Å².